The molecule has 0 radical (unpaired) electrons. The average Bonchev–Trinajstić information content (AvgIpc) is 3.38. The van der Waals surface area contributed by atoms with Gasteiger partial charge in [-0.05, 0) is 37.3 Å². The Hall–Kier alpha value is -3.16. The Labute approximate surface area is 175 Å². The van der Waals surface area contributed by atoms with Crippen LogP contribution in [0.2, 0.25) is 0 Å². The summed E-state index contributed by atoms with van der Waals surface area (Å²) >= 11 is 0. The highest BCUT2D eigenvalue weighted by molar-refractivity contribution is 5.77. The minimum absolute atomic E-state index is 0.234. The summed E-state index contributed by atoms with van der Waals surface area (Å²) in [6.45, 7) is 0.914. The van der Waals surface area contributed by atoms with Crippen LogP contribution in [0.25, 0.3) is 0 Å². The van der Waals surface area contributed by atoms with Gasteiger partial charge in [-0.25, -0.2) is 4.68 Å². The number of anilines is 1. The van der Waals surface area contributed by atoms with Crippen molar-refractivity contribution in [2.24, 2.45) is 13.0 Å². The van der Waals surface area contributed by atoms with Crippen molar-refractivity contribution in [3.63, 3.8) is 0 Å². The molecule has 0 unspecified atom stereocenters. The summed E-state index contributed by atoms with van der Waals surface area (Å²) in [6, 6.07) is 6.04. The van der Waals surface area contributed by atoms with Crippen molar-refractivity contribution < 1.29 is 4.74 Å². The van der Waals surface area contributed by atoms with Gasteiger partial charge in [-0.15, -0.1) is 5.10 Å². The van der Waals surface area contributed by atoms with Crippen molar-refractivity contribution in [3.05, 3.63) is 57.3 Å². The molecule has 2 heterocycles. The van der Waals surface area contributed by atoms with Gasteiger partial charge in [-0.2, -0.15) is 0 Å². The molecule has 2 aromatic heterocycles. The fourth-order valence-corrected chi connectivity index (χ4v) is 3.94. The molecule has 2 atom stereocenters. The van der Waals surface area contributed by atoms with E-state index in [9.17, 15) is 4.79 Å². The summed E-state index contributed by atoms with van der Waals surface area (Å²) in [7, 11) is 3.38. The summed E-state index contributed by atoms with van der Waals surface area (Å²) in [5, 5.41) is 17.6. The number of nitrogens with one attached hydrogen (secondary N) is 3. The largest absolute Gasteiger partial charge is 0.476 e. The van der Waals surface area contributed by atoms with E-state index in [1.54, 1.807) is 26.4 Å². The van der Waals surface area contributed by atoms with E-state index < -0.39 is 0 Å². The molecule has 8 heteroatoms. The highest BCUT2D eigenvalue weighted by Gasteiger charge is 2.40. The Morgan fingerprint density at radius 2 is 2.27 bits per heavy atom. The molecule has 1 fully saturated rings. The molecule has 2 aromatic rings. The van der Waals surface area contributed by atoms with Crippen LogP contribution in [0.3, 0.4) is 0 Å². The molecule has 2 aliphatic rings. The van der Waals surface area contributed by atoms with Gasteiger partial charge in [0.05, 0.1) is 6.61 Å². The van der Waals surface area contributed by atoms with Crippen LogP contribution in [0, 0.1) is 11.3 Å². The summed E-state index contributed by atoms with van der Waals surface area (Å²) in [5.74, 6) is 1.29. The van der Waals surface area contributed by atoms with Gasteiger partial charge in [0.2, 0.25) is 5.88 Å². The predicted molar refractivity (Wildman–Crippen MR) is 116 cm³/mol. The van der Waals surface area contributed by atoms with Crippen LogP contribution < -0.4 is 20.9 Å². The second-order valence-electron chi connectivity index (χ2n) is 7.94. The van der Waals surface area contributed by atoms with Crippen molar-refractivity contribution >= 4 is 11.9 Å². The number of fused-ring (bicyclic) bond motifs is 1. The third-order valence-corrected chi connectivity index (χ3v) is 5.74. The van der Waals surface area contributed by atoms with Gasteiger partial charge < -0.3 is 20.8 Å². The molecule has 1 saturated carbocycles. The smallest absolute Gasteiger partial charge is 0.290 e. The molecular weight excluding hydrogens is 380 g/mol. The molecule has 0 saturated heterocycles. The number of rotatable bonds is 9. The lowest BCUT2D eigenvalue weighted by atomic mass is 10.1. The number of aryl methyl sites for hydroxylation is 3. The number of nitrogens with zero attached hydrogens (tertiary/aromatic N) is 3. The van der Waals surface area contributed by atoms with Crippen LogP contribution in [0.5, 0.6) is 5.88 Å². The van der Waals surface area contributed by atoms with Crippen LogP contribution in [-0.2, 0) is 19.9 Å². The Morgan fingerprint density at radius 3 is 3.07 bits per heavy atom. The van der Waals surface area contributed by atoms with E-state index in [0.717, 1.165) is 24.8 Å². The first-order valence-corrected chi connectivity index (χ1v) is 10.4. The van der Waals surface area contributed by atoms with Gasteiger partial charge in [-0.3, -0.25) is 9.78 Å². The molecule has 158 valence electrons. The SMILES string of the molecule is CN/C=C(\C=N)CNc1cc(OC[C@H]2C[C@@H]2c2ccc3c(n2)CCC3)nn(C)c1=O. The van der Waals surface area contributed by atoms with Crippen molar-refractivity contribution in [1.82, 2.24) is 20.1 Å². The minimum atomic E-state index is -0.234. The Kier molecular flexibility index (Phi) is 5.83. The first-order valence-electron chi connectivity index (χ1n) is 10.4. The minimum Gasteiger partial charge on any atom is -0.476 e. The second-order valence-corrected chi connectivity index (χ2v) is 7.94. The van der Waals surface area contributed by atoms with E-state index >= 15 is 0 Å². The fourth-order valence-electron chi connectivity index (χ4n) is 3.94. The summed E-state index contributed by atoms with van der Waals surface area (Å²) < 4.78 is 7.19. The first kappa shape index (κ1) is 20.1. The highest BCUT2D eigenvalue weighted by atomic mass is 16.5. The van der Waals surface area contributed by atoms with Gasteiger partial charge >= 0.3 is 0 Å². The van der Waals surface area contributed by atoms with Crippen molar-refractivity contribution in [2.45, 2.75) is 31.6 Å². The molecule has 4 rings (SSSR count). The van der Waals surface area contributed by atoms with Crippen LogP contribution >= 0.6 is 0 Å². The number of hydrogen-bond acceptors (Lipinski definition) is 7. The lowest BCUT2D eigenvalue weighted by molar-refractivity contribution is 0.278. The van der Waals surface area contributed by atoms with Crippen LogP contribution in [0.15, 0.2) is 34.8 Å². The molecule has 0 aliphatic heterocycles. The van der Waals surface area contributed by atoms with Crippen LogP contribution in [0.4, 0.5) is 5.69 Å². The lowest BCUT2D eigenvalue weighted by Crippen LogP contribution is -2.25. The van der Waals surface area contributed by atoms with E-state index in [1.165, 1.54) is 34.3 Å². The molecule has 0 bridgehead atoms. The van der Waals surface area contributed by atoms with E-state index in [-0.39, 0.29) is 5.56 Å². The van der Waals surface area contributed by atoms with E-state index in [4.69, 9.17) is 15.1 Å². The van der Waals surface area contributed by atoms with Gasteiger partial charge in [0.25, 0.3) is 5.56 Å². The number of pyridine rings is 1. The number of ether oxygens (including phenoxy) is 1. The van der Waals surface area contributed by atoms with Gasteiger partial charge in [0.15, 0.2) is 0 Å². The van der Waals surface area contributed by atoms with Crippen LogP contribution in [-0.4, -0.2) is 41.2 Å². The Bertz CT molecular complexity index is 1030. The van der Waals surface area contributed by atoms with Crippen molar-refractivity contribution in [2.75, 3.05) is 25.5 Å². The second kappa shape index (κ2) is 8.69. The lowest BCUT2D eigenvalue weighted by Gasteiger charge is -2.11. The van der Waals surface area contributed by atoms with E-state index in [2.05, 4.69) is 27.9 Å². The summed E-state index contributed by atoms with van der Waals surface area (Å²) in [4.78, 5) is 17.2. The molecule has 8 nitrogen and oxygen atoms in total. The maximum atomic E-state index is 12.3. The normalized spacial score (nSPS) is 19.9. The zero-order valence-electron chi connectivity index (χ0n) is 17.4. The fraction of sp³-hybridized carbons (Fsp3) is 0.455. The zero-order chi connectivity index (χ0) is 21.1. The molecular formula is C22H28N6O2. The standard InChI is InChI=1S/C22H28N6O2/c1-24-11-14(10-23)12-25-20-9-21(27-28(2)22(20)29)30-13-16-8-17(16)19-7-6-15-4-3-5-18(15)26-19/h6-7,9-11,16-17,23-25H,3-5,8,12-13H2,1-2H3/b14-11+,23-10?/t16-,17+/m1/s1. The monoisotopic (exact) mass is 408 g/mol. The highest BCUT2D eigenvalue weighted by Crippen LogP contribution is 2.47. The molecule has 0 amide bonds. The van der Waals surface area contributed by atoms with Crippen molar-refractivity contribution in [3.8, 4) is 5.88 Å². The number of aromatic nitrogens is 3. The summed E-state index contributed by atoms with van der Waals surface area (Å²) in [5.41, 5.74) is 4.74. The number of hydrogen-bond donors (Lipinski definition) is 3. The van der Waals surface area contributed by atoms with E-state index in [0.29, 0.717) is 36.6 Å². The third kappa shape index (κ3) is 4.37. The predicted octanol–water partition coefficient (Wildman–Crippen LogP) is 2.01. The maximum Gasteiger partial charge on any atom is 0.290 e. The molecule has 0 aromatic carbocycles. The maximum absolute atomic E-state index is 12.3. The average molecular weight is 409 g/mol. The Morgan fingerprint density at radius 1 is 1.40 bits per heavy atom. The molecule has 0 spiro atoms. The van der Waals surface area contributed by atoms with Gasteiger partial charge in [-0.1, -0.05) is 6.07 Å². The summed E-state index contributed by atoms with van der Waals surface area (Å²) in [6.07, 6.45) is 7.48. The Balaban J connectivity index is 1.37. The van der Waals surface area contributed by atoms with Crippen LogP contribution in [0.1, 0.15) is 35.7 Å². The van der Waals surface area contributed by atoms with Gasteiger partial charge in [0.1, 0.15) is 5.69 Å². The van der Waals surface area contributed by atoms with Crippen molar-refractivity contribution in [1.29, 1.82) is 5.41 Å². The zero-order valence-corrected chi connectivity index (χ0v) is 17.4. The topological polar surface area (TPSA) is 105 Å². The third-order valence-electron chi connectivity index (χ3n) is 5.74. The molecule has 3 N–H and O–H groups in total. The first-order chi connectivity index (χ1) is 14.6. The molecule has 2 aliphatic carbocycles. The molecule has 30 heavy (non-hydrogen) atoms. The quantitative estimate of drug-likeness (QED) is 0.548. The van der Waals surface area contributed by atoms with E-state index in [1.807, 2.05) is 0 Å². The van der Waals surface area contributed by atoms with Gasteiger partial charge in [0, 0.05) is 67.9 Å².